The summed E-state index contributed by atoms with van der Waals surface area (Å²) >= 11 is 0. The lowest BCUT2D eigenvalue weighted by atomic mass is 9.99. The van der Waals surface area contributed by atoms with E-state index in [1.54, 1.807) is 0 Å². The molecule has 2 nitrogen and oxygen atoms in total. The monoisotopic (exact) mass is 187 g/mol. The highest BCUT2D eigenvalue weighted by Crippen LogP contribution is 2.32. The number of aliphatic hydroxyl groups excluding tert-OH is 1. The van der Waals surface area contributed by atoms with Gasteiger partial charge in [0.2, 0.25) is 0 Å². The van der Waals surface area contributed by atoms with Gasteiger partial charge in [-0.1, -0.05) is 24.1 Å². The number of hydrogen-bond acceptors (Lipinski definition) is 2. The molecule has 1 aliphatic rings. The van der Waals surface area contributed by atoms with Crippen LogP contribution >= 0.6 is 0 Å². The number of nitrogens with zero attached hydrogens (tertiary/aromatic N) is 1. The van der Waals surface area contributed by atoms with E-state index < -0.39 is 0 Å². The maximum absolute atomic E-state index is 9.77. The second-order valence-electron chi connectivity index (χ2n) is 3.49. The molecule has 1 aliphatic heterocycles. The predicted octanol–water partition coefficient (Wildman–Crippen LogP) is 1.56. The fraction of sp³-hybridized carbons (Fsp3) is 0.333. The van der Waals surface area contributed by atoms with Gasteiger partial charge in [0.1, 0.15) is 0 Å². The molecule has 0 saturated carbocycles. The smallest absolute Gasteiger partial charge is 0.0826 e. The molecule has 0 spiro atoms. The molecule has 72 valence electrons. The molecule has 1 heterocycles. The van der Waals surface area contributed by atoms with Crippen LogP contribution in [-0.4, -0.2) is 18.2 Å². The maximum Gasteiger partial charge on any atom is 0.0826 e. The third-order valence-corrected chi connectivity index (χ3v) is 2.59. The van der Waals surface area contributed by atoms with Gasteiger partial charge < -0.3 is 10.0 Å². The molecule has 0 fully saturated rings. The highest BCUT2D eigenvalue weighted by Gasteiger charge is 2.21. The molecule has 0 radical (unpaired) electrons. The van der Waals surface area contributed by atoms with Gasteiger partial charge in [-0.05, 0) is 12.5 Å². The lowest BCUT2D eigenvalue weighted by Crippen LogP contribution is -2.31. The van der Waals surface area contributed by atoms with Crippen molar-refractivity contribution in [3.8, 4) is 12.3 Å². The number of hydrogen-bond donors (Lipinski definition) is 1. The van der Waals surface area contributed by atoms with Gasteiger partial charge >= 0.3 is 0 Å². The van der Waals surface area contributed by atoms with E-state index in [0.717, 1.165) is 24.2 Å². The number of rotatable bonds is 1. The zero-order valence-electron chi connectivity index (χ0n) is 7.98. The quantitative estimate of drug-likeness (QED) is 0.674. The summed E-state index contributed by atoms with van der Waals surface area (Å²) < 4.78 is 0. The van der Waals surface area contributed by atoms with Crippen LogP contribution < -0.4 is 4.90 Å². The van der Waals surface area contributed by atoms with Crippen molar-refractivity contribution in [3.05, 3.63) is 29.8 Å². The first-order valence-electron chi connectivity index (χ1n) is 4.78. The first-order chi connectivity index (χ1) is 6.83. The Morgan fingerprint density at radius 1 is 1.50 bits per heavy atom. The minimum absolute atomic E-state index is 0.333. The third kappa shape index (κ3) is 1.47. The first-order valence-corrected chi connectivity index (χ1v) is 4.78. The Hall–Kier alpha value is -1.46. The van der Waals surface area contributed by atoms with Crippen molar-refractivity contribution in [2.45, 2.75) is 12.5 Å². The Balaban J connectivity index is 2.37. The van der Waals surface area contributed by atoms with E-state index in [0.29, 0.717) is 6.54 Å². The van der Waals surface area contributed by atoms with Crippen LogP contribution in [0.15, 0.2) is 24.3 Å². The molecule has 1 atom stereocenters. The van der Waals surface area contributed by atoms with Gasteiger partial charge in [-0.15, -0.1) is 6.42 Å². The van der Waals surface area contributed by atoms with Gasteiger partial charge in [-0.3, -0.25) is 0 Å². The summed E-state index contributed by atoms with van der Waals surface area (Å²) in [6.45, 7) is 1.45. The van der Waals surface area contributed by atoms with Gasteiger partial charge in [0.25, 0.3) is 0 Å². The van der Waals surface area contributed by atoms with Gasteiger partial charge in [-0.2, -0.15) is 0 Å². The Labute approximate surface area is 84.2 Å². The largest absolute Gasteiger partial charge is 0.388 e. The zero-order valence-corrected chi connectivity index (χ0v) is 7.98. The van der Waals surface area contributed by atoms with Crippen molar-refractivity contribution in [1.82, 2.24) is 0 Å². The third-order valence-electron chi connectivity index (χ3n) is 2.59. The van der Waals surface area contributed by atoms with Crippen LogP contribution in [0.1, 0.15) is 18.1 Å². The standard InChI is InChI=1S/C12H13NO/c1-2-8-13-9-7-12(14)10-5-3-4-6-11(10)13/h1,3-6,12,14H,7-9H2. The van der Waals surface area contributed by atoms with E-state index >= 15 is 0 Å². The normalized spacial score (nSPS) is 20.0. The molecule has 1 aromatic rings. The molecule has 0 amide bonds. The van der Waals surface area contributed by atoms with E-state index in [9.17, 15) is 5.11 Å². The van der Waals surface area contributed by atoms with Crippen molar-refractivity contribution >= 4 is 5.69 Å². The molecule has 14 heavy (non-hydrogen) atoms. The minimum atomic E-state index is -0.333. The number of para-hydroxylation sites is 1. The number of fused-ring (bicyclic) bond motifs is 1. The van der Waals surface area contributed by atoms with Crippen molar-refractivity contribution in [2.24, 2.45) is 0 Å². The zero-order chi connectivity index (χ0) is 9.97. The predicted molar refractivity (Wildman–Crippen MR) is 57.1 cm³/mol. The van der Waals surface area contributed by atoms with Gasteiger partial charge in [-0.25, -0.2) is 0 Å². The van der Waals surface area contributed by atoms with Crippen LogP contribution in [-0.2, 0) is 0 Å². The molecular weight excluding hydrogens is 174 g/mol. The average Bonchev–Trinajstić information content (AvgIpc) is 2.23. The van der Waals surface area contributed by atoms with Crippen molar-refractivity contribution < 1.29 is 5.11 Å². The number of benzene rings is 1. The first kappa shape index (κ1) is 9.11. The highest BCUT2D eigenvalue weighted by atomic mass is 16.3. The Bertz CT molecular complexity index is 367. The average molecular weight is 187 g/mol. The van der Waals surface area contributed by atoms with E-state index in [1.807, 2.05) is 24.3 Å². The Kier molecular flexibility index (Phi) is 2.43. The molecule has 1 N–H and O–H groups in total. The molecule has 1 aromatic carbocycles. The van der Waals surface area contributed by atoms with E-state index in [2.05, 4.69) is 10.8 Å². The Morgan fingerprint density at radius 3 is 3.07 bits per heavy atom. The number of aliphatic hydroxyl groups is 1. The summed E-state index contributed by atoms with van der Waals surface area (Å²) in [7, 11) is 0. The minimum Gasteiger partial charge on any atom is -0.388 e. The molecule has 2 rings (SSSR count). The van der Waals surface area contributed by atoms with Crippen LogP contribution in [0.2, 0.25) is 0 Å². The highest BCUT2D eigenvalue weighted by molar-refractivity contribution is 5.57. The van der Waals surface area contributed by atoms with Crippen LogP contribution in [0, 0.1) is 12.3 Å². The summed E-state index contributed by atoms with van der Waals surface area (Å²) in [5, 5.41) is 9.77. The molecule has 0 aromatic heterocycles. The van der Waals surface area contributed by atoms with Gasteiger partial charge in [0.05, 0.1) is 12.6 Å². The van der Waals surface area contributed by atoms with Gasteiger partial charge in [0.15, 0.2) is 0 Å². The number of terminal acetylenes is 1. The van der Waals surface area contributed by atoms with Crippen molar-refractivity contribution in [1.29, 1.82) is 0 Å². The summed E-state index contributed by atoms with van der Waals surface area (Å²) in [5.41, 5.74) is 2.07. The van der Waals surface area contributed by atoms with Crippen LogP contribution in [0.5, 0.6) is 0 Å². The van der Waals surface area contributed by atoms with Gasteiger partial charge in [0, 0.05) is 17.8 Å². The molecule has 2 heteroatoms. The van der Waals surface area contributed by atoms with E-state index in [4.69, 9.17) is 6.42 Å². The summed E-state index contributed by atoms with van der Waals surface area (Å²) in [4.78, 5) is 2.13. The topological polar surface area (TPSA) is 23.5 Å². The molecule has 0 bridgehead atoms. The van der Waals surface area contributed by atoms with Crippen LogP contribution in [0.3, 0.4) is 0 Å². The van der Waals surface area contributed by atoms with Crippen LogP contribution in [0.4, 0.5) is 5.69 Å². The number of anilines is 1. The Morgan fingerprint density at radius 2 is 2.29 bits per heavy atom. The molecular formula is C12H13NO. The SMILES string of the molecule is C#CCN1CCC(O)c2ccccc21. The molecule has 0 aliphatic carbocycles. The second kappa shape index (κ2) is 3.73. The lowest BCUT2D eigenvalue weighted by Gasteiger charge is -2.32. The summed E-state index contributed by atoms with van der Waals surface area (Å²) in [6, 6.07) is 7.89. The second-order valence-corrected chi connectivity index (χ2v) is 3.49. The molecule has 0 saturated heterocycles. The summed E-state index contributed by atoms with van der Waals surface area (Å²) in [6.07, 6.45) is 5.73. The molecule has 1 unspecified atom stereocenters. The van der Waals surface area contributed by atoms with Crippen LogP contribution in [0.25, 0.3) is 0 Å². The fourth-order valence-electron chi connectivity index (χ4n) is 1.89. The van der Waals surface area contributed by atoms with E-state index in [-0.39, 0.29) is 6.10 Å². The van der Waals surface area contributed by atoms with E-state index in [1.165, 1.54) is 0 Å². The van der Waals surface area contributed by atoms with Crippen molar-refractivity contribution in [2.75, 3.05) is 18.0 Å². The lowest BCUT2D eigenvalue weighted by molar-refractivity contribution is 0.164. The summed E-state index contributed by atoms with van der Waals surface area (Å²) in [5.74, 6) is 2.64. The fourth-order valence-corrected chi connectivity index (χ4v) is 1.89. The van der Waals surface area contributed by atoms with Crippen molar-refractivity contribution in [3.63, 3.8) is 0 Å². The maximum atomic E-state index is 9.77.